The number of nitrogens with zero attached hydrogens (tertiary/aromatic N) is 6. The number of aryl methyl sites for hydroxylation is 2. The fourth-order valence-corrected chi connectivity index (χ4v) is 5.04. The lowest BCUT2D eigenvalue weighted by Crippen LogP contribution is -2.37. The quantitative estimate of drug-likeness (QED) is 0.163. The fraction of sp³-hybridized carbons (Fsp3) is 0.375. The fourth-order valence-electron chi connectivity index (χ4n) is 5.04. The molecule has 0 saturated carbocycles. The Labute approximate surface area is 251 Å². The van der Waals surface area contributed by atoms with Crippen LogP contribution in [0.3, 0.4) is 0 Å². The lowest BCUT2D eigenvalue weighted by Gasteiger charge is -2.24. The number of rotatable bonds is 16. The highest BCUT2D eigenvalue weighted by Gasteiger charge is 2.20. The number of ether oxygens (including phenoxy) is 1. The maximum absolute atomic E-state index is 12.2. The number of pyridine rings is 3. The number of hydrogen-bond donors (Lipinski definition) is 3. The van der Waals surface area contributed by atoms with Crippen molar-refractivity contribution >= 4 is 17.6 Å². The van der Waals surface area contributed by atoms with Gasteiger partial charge in [0.25, 0.3) is 0 Å². The zero-order chi connectivity index (χ0) is 29.7. The minimum Gasteiger partial charge on any atom is -0.480 e. The molecule has 5 heterocycles. The van der Waals surface area contributed by atoms with Gasteiger partial charge in [-0.05, 0) is 74.9 Å². The van der Waals surface area contributed by atoms with Crippen molar-refractivity contribution in [1.82, 2.24) is 29.8 Å². The minimum absolute atomic E-state index is 0.387. The topological polar surface area (TPSA) is 138 Å². The number of aromatic nitrogens is 5. The third kappa shape index (κ3) is 9.17. The monoisotopic (exact) mass is 582 g/mol. The molecule has 0 spiro atoms. The van der Waals surface area contributed by atoms with Gasteiger partial charge in [0.15, 0.2) is 0 Å². The highest BCUT2D eigenvalue weighted by Crippen LogP contribution is 2.21. The first kappa shape index (κ1) is 29.8. The summed E-state index contributed by atoms with van der Waals surface area (Å²) in [5, 5.41) is 16.5. The molecule has 1 aliphatic heterocycles. The van der Waals surface area contributed by atoms with Crippen LogP contribution in [0, 0.1) is 0 Å². The Morgan fingerprint density at radius 3 is 2.74 bits per heavy atom. The smallest absolute Gasteiger partial charge is 0.326 e. The second-order valence-electron chi connectivity index (χ2n) is 10.5. The van der Waals surface area contributed by atoms with Gasteiger partial charge >= 0.3 is 5.97 Å². The summed E-state index contributed by atoms with van der Waals surface area (Å²) in [7, 11) is 0. The second kappa shape index (κ2) is 15.5. The van der Waals surface area contributed by atoms with Gasteiger partial charge in [-0.25, -0.2) is 19.7 Å². The van der Waals surface area contributed by atoms with Crippen LogP contribution in [0.5, 0.6) is 5.88 Å². The SMILES string of the molecule is O=C(O)C(CCN(CCCCc1ccc2c(n1)NCCC2)CCOc1ccccn1)Nc1cncc(-c2ccncc2)n1. The van der Waals surface area contributed by atoms with Crippen LogP contribution in [0.1, 0.15) is 36.9 Å². The molecule has 0 amide bonds. The molecule has 224 valence electrons. The van der Waals surface area contributed by atoms with E-state index < -0.39 is 12.0 Å². The maximum Gasteiger partial charge on any atom is 0.326 e. The first-order valence-corrected chi connectivity index (χ1v) is 14.8. The average molecular weight is 583 g/mol. The Bertz CT molecular complexity index is 1440. The maximum atomic E-state index is 12.2. The molecule has 0 fully saturated rings. The molecular weight excluding hydrogens is 544 g/mol. The molecule has 3 N–H and O–H groups in total. The Hall–Kier alpha value is -4.64. The molecule has 1 atom stereocenters. The third-order valence-electron chi connectivity index (χ3n) is 7.37. The summed E-state index contributed by atoms with van der Waals surface area (Å²) in [5.41, 5.74) is 3.90. The Morgan fingerprint density at radius 2 is 1.91 bits per heavy atom. The molecular formula is C32H38N8O3. The number of unbranched alkanes of at least 4 members (excludes halogenated alkanes) is 1. The number of carboxylic acid groups (broad SMARTS) is 1. The molecule has 11 nitrogen and oxygen atoms in total. The molecule has 4 aromatic heterocycles. The molecule has 43 heavy (non-hydrogen) atoms. The summed E-state index contributed by atoms with van der Waals surface area (Å²) in [6.45, 7) is 3.49. The number of aliphatic carboxylic acids is 1. The summed E-state index contributed by atoms with van der Waals surface area (Å²) < 4.78 is 5.85. The van der Waals surface area contributed by atoms with Crippen LogP contribution < -0.4 is 15.4 Å². The number of anilines is 2. The summed E-state index contributed by atoms with van der Waals surface area (Å²) in [4.78, 5) is 36.4. The first-order chi connectivity index (χ1) is 21.1. The summed E-state index contributed by atoms with van der Waals surface area (Å²) in [6, 6.07) is 12.8. The largest absolute Gasteiger partial charge is 0.480 e. The zero-order valence-electron chi connectivity index (χ0n) is 24.2. The van der Waals surface area contributed by atoms with Gasteiger partial charge in [-0.1, -0.05) is 12.1 Å². The highest BCUT2D eigenvalue weighted by atomic mass is 16.5. The van der Waals surface area contributed by atoms with Gasteiger partial charge in [0.2, 0.25) is 5.88 Å². The van der Waals surface area contributed by atoms with Crippen LogP contribution in [0.15, 0.2) is 73.4 Å². The molecule has 0 aliphatic carbocycles. The Balaban J connectivity index is 1.16. The van der Waals surface area contributed by atoms with E-state index in [1.54, 1.807) is 31.0 Å². The van der Waals surface area contributed by atoms with Gasteiger partial charge in [-0.2, -0.15) is 0 Å². The molecule has 1 unspecified atom stereocenters. The lowest BCUT2D eigenvalue weighted by atomic mass is 10.1. The predicted octanol–water partition coefficient (Wildman–Crippen LogP) is 4.35. The van der Waals surface area contributed by atoms with E-state index in [0.29, 0.717) is 43.5 Å². The lowest BCUT2D eigenvalue weighted by molar-refractivity contribution is -0.138. The minimum atomic E-state index is -0.937. The van der Waals surface area contributed by atoms with Gasteiger partial charge < -0.3 is 20.5 Å². The van der Waals surface area contributed by atoms with Gasteiger partial charge in [0.1, 0.15) is 24.3 Å². The van der Waals surface area contributed by atoms with E-state index >= 15 is 0 Å². The van der Waals surface area contributed by atoms with E-state index in [0.717, 1.165) is 62.3 Å². The summed E-state index contributed by atoms with van der Waals surface area (Å²) in [5.74, 6) is 1.08. The average Bonchev–Trinajstić information content (AvgIpc) is 3.05. The normalized spacial score (nSPS) is 13.1. The van der Waals surface area contributed by atoms with Crippen molar-refractivity contribution in [2.24, 2.45) is 0 Å². The summed E-state index contributed by atoms with van der Waals surface area (Å²) in [6.07, 6.45) is 13.7. The van der Waals surface area contributed by atoms with Crippen molar-refractivity contribution in [3.05, 3.63) is 84.7 Å². The highest BCUT2D eigenvalue weighted by molar-refractivity contribution is 5.77. The molecule has 4 aromatic rings. The molecule has 1 aliphatic rings. The zero-order valence-corrected chi connectivity index (χ0v) is 24.2. The Kier molecular flexibility index (Phi) is 10.8. The van der Waals surface area contributed by atoms with Gasteiger partial charge in [0.05, 0.1) is 18.1 Å². The van der Waals surface area contributed by atoms with E-state index in [1.165, 1.54) is 5.56 Å². The van der Waals surface area contributed by atoms with E-state index in [2.05, 4.69) is 47.6 Å². The van der Waals surface area contributed by atoms with Gasteiger partial charge in [0, 0.05) is 55.5 Å². The van der Waals surface area contributed by atoms with Crippen molar-refractivity contribution in [1.29, 1.82) is 0 Å². The van der Waals surface area contributed by atoms with Crippen LogP contribution in [-0.2, 0) is 17.6 Å². The third-order valence-corrected chi connectivity index (χ3v) is 7.37. The van der Waals surface area contributed by atoms with Crippen LogP contribution in [0.4, 0.5) is 11.6 Å². The number of hydrogen-bond acceptors (Lipinski definition) is 10. The molecule has 0 bridgehead atoms. The van der Waals surface area contributed by atoms with Crippen LogP contribution in [0.2, 0.25) is 0 Å². The number of carbonyl (C=O) groups is 1. The molecule has 5 rings (SSSR count). The van der Waals surface area contributed by atoms with Gasteiger partial charge in [-0.15, -0.1) is 0 Å². The van der Waals surface area contributed by atoms with Crippen molar-refractivity contribution in [3.8, 4) is 17.1 Å². The van der Waals surface area contributed by atoms with E-state index in [-0.39, 0.29) is 0 Å². The van der Waals surface area contributed by atoms with Crippen molar-refractivity contribution in [2.75, 3.05) is 43.4 Å². The number of nitrogens with one attached hydrogen (secondary N) is 2. The molecule has 0 aromatic carbocycles. The standard InChI is InChI=1S/C32H38N8O3/c41-32(42)27(38-29-23-34-22-28(39-29)24-11-16-33-17-12-24)13-19-40(20-21-43-30-8-1-3-14-35-30)18-4-2-7-26-10-9-25-6-5-15-36-31(25)37-26/h1,3,8-12,14,16-17,22-23,27H,2,4-7,13,15,18-21H2,(H,36,37)(H,38,39)(H,41,42). The van der Waals surface area contributed by atoms with E-state index in [1.807, 2.05) is 30.3 Å². The van der Waals surface area contributed by atoms with Crippen LogP contribution >= 0.6 is 0 Å². The summed E-state index contributed by atoms with van der Waals surface area (Å²) >= 11 is 0. The van der Waals surface area contributed by atoms with Crippen molar-refractivity contribution in [2.45, 2.75) is 44.6 Å². The van der Waals surface area contributed by atoms with E-state index in [4.69, 9.17) is 9.72 Å². The first-order valence-electron chi connectivity index (χ1n) is 14.8. The van der Waals surface area contributed by atoms with Gasteiger partial charge in [-0.3, -0.25) is 14.9 Å². The van der Waals surface area contributed by atoms with Crippen molar-refractivity contribution < 1.29 is 14.6 Å². The number of carboxylic acids is 1. The van der Waals surface area contributed by atoms with Crippen molar-refractivity contribution in [3.63, 3.8) is 0 Å². The second-order valence-corrected chi connectivity index (χ2v) is 10.5. The molecule has 0 saturated heterocycles. The van der Waals surface area contributed by atoms with Crippen LogP contribution in [-0.4, -0.2) is 79.7 Å². The number of fused-ring (bicyclic) bond motifs is 1. The van der Waals surface area contributed by atoms with Crippen LogP contribution in [0.25, 0.3) is 11.3 Å². The molecule has 11 heteroatoms. The van der Waals surface area contributed by atoms with E-state index in [9.17, 15) is 9.90 Å². The Morgan fingerprint density at radius 1 is 1.00 bits per heavy atom. The predicted molar refractivity (Wildman–Crippen MR) is 165 cm³/mol. The molecule has 0 radical (unpaired) electrons.